The van der Waals surface area contributed by atoms with Gasteiger partial charge in [-0.25, -0.2) is 4.39 Å². The van der Waals surface area contributed by atoms with Crippen LogP contribution < -0.4 is 10.1 Å². The molecular weight excluding hydrogens is 241 g/mol. The molecule has 1 N–H and O–H groups in total. The van der Waals surface area contributed by atoms with E-state index in [-0.39, 0.29) is 5.82 Å². The Kier molecular flexibility index (Phi) is 5.20. The molecule has 1 aromatic rings. The molecule has 1 aliphatic rings. The van der Waals surface area contributed by atoms with Gasteiger partial charge in [-0.15, -0.1) is 0 Å². The minimum atomic E-state index is -0.243. The van der Waals surface area contributed by atoms with Gasteiger partial charge in [-0.3, -0.25) is 0 Å². The van der Waals surface area contributed by atoms with E-state index in [1.807, 2.05) is 13.1 Å². The Morgan fingerprint density at radius 1 is 1.26 bits per heavy atom. The van der Waals surface area contributed by atoms with Crippen LogP contribution in [0.5, 0.6) is 5.75 Å². The first-order valence-corrected chi connectivity index (χ1v) is 7.24. The van der Waals surface area contributed by atoms with Crippen LogP contribution in [-0.2, 0) is 0 Å². The molecule has 1 saturated carbocycles. The Bertz CT molecular complexity index is 408. The quantitative estimate of drug-likeness (QED) is 0.838. The van der Waals surface area contributed by atoms with Gasteiger partial charge in [0, 0.05) is 0 Å². The molecule has 0 bridgehead atoms. The summed E-state index contributed by atoms with van der Waals surface area (Å²) in [5, 5.41) is 3.28. The Balaban J connectivity index is 2.22. The van der Waals surface area contributed by atoms with E-state index < -0.39 is 0 Å². The van der Waals surface area contributed by atoms with Crippen LogP contribution in [0.4, 0.5) is 4.39 Å². The summed E-state index contributed by atoms with van der Waals surface area (Å²) in [6.45, 7) is 1.01. The van der Waals surface area contributed by atoms with E-state index in [0.717, 1.165) is 18.5 Å². The maximum absolute atomic E-state index is 13.9. The van der Waals surface area contributed by atoms with Gasteiger partial charge in [0.05, 0.1) is 7.11 Å². The standard InChI is InChI=1S/C16H24FNO/c1-18-11-13-6-4-3-5-7-14(13)12-8-9-16(19-2)15(17)10-12/h8-10,13-14,18H,3-7,11H2,1-2H3. The number of nitrogens with one attached hydrogen (secondary N) is 1. The number of hydrogen-bond donors (Lipinski definition) is 1. The number of methoxy groups -OCH3 is 1. The zero-order valence-electron chi connectivity index (χ0n) is 11.9. The van der Waals surface area contributed by atoms with Crippen molar-refractivity contribution in [1.82, 2.24) is 5.32 Å². The smallest absolute Gasteiger partial charge is 0.165 e. The Morgan fingerprint density at radius 2 is 2.05 bits per heavy atom. The molecule has 0 aliphatic heterocycles. The SMILES string of the molecule is CNCC1CCCCCC1c1ccc(OC)c(F)c1. The van der Waals surface area contributed by atoms with Crippen molar-refractivity contribution < 1.29 is 9.13 Å². The summed E-state index contributed by atoms with van der Waals surface area (Å²) in [4.78, 5) is 0. The summed E-state index contributed by atoms with van der Waals surface area (Å²) in [6, 6.07) is 5.45. The maximum Gasteiger partial charge on any atom is 0.165 e. The average molecular weight is 265 g/mol. The highest BCUT2D eigenvalue weighted by molar-refractivity contribution is 5.31. The second kappa shape index (κ2) is 6.90. The topological polar surface area (TPSA) is 21.3 Å². The molecule has 0 spiro atoms. The fourth-order valence-electron chi connectivity index (χ4n) is 3.24. The third kappa shape index (κ3) is 3.47. The predicted molar refractivity (Wildman–Crippen MR) is 76.2 cm³/mol. The summed E-state index contributed by atoms with van der Waals surface area (Å²) in [6.07, 6.45) is 6.24. The number of halogens is 1. The summed E-state index contributed by atoms with van der Waals surface area (Å²) in [7, 11) is 3.50. The van der Waals surface area contributed by atoms with Crippen LogP contribution in [0.3, 0.4) is 0 Å². The van der Waals surface area contributed by atoms with Crippen LogP contribution >= 0.6 is 0 Å². The molecule has 2 unspecified atom stereocenters. The molecule has 1 fully saturated rings. The van der Waals surface area contributed by atoms with E-state index >= 15 is 0 Å². The lowest BCUT2D eigenvalue weighted by molar-refractivity contribution is 0.375. The fourth-order valence-corrected chi connectivity index (χ4v) is 3.24. The molecule has 0 radical (unpaired) electrons. The highest BCUT2D eigenvalue weighted by Gasteiger charge is 2.25. The predicted octanol–water partition coefficient (Wildman–Crippen LogP) is 3.72. The highest BCUT2D eigenvalue weighted by atomic mass is 19.1. The first kappa shape index (κ1) is 14.3. The molecule has 3 heteroatoms. The lowest BCUT2D eigenvalue weighted by Gasteiger charge is -2.25. The van der Waals surface area contributed by atoms with E-state index in [4.69, 9.17) is 4.74 Å². The third-order valence-electron chi connectivity index (χ3n) is 4.23. The molecule has 0 amide bonds. The fraction of sp³-hybridized carbons (Fsp3) is 0.625. The van der Waals surface area contributed by atoms with Gasteiger partial charge in [0.25, 0.3) is 0 Å². The van der Waals surface area contributed by atoms with E-state index in [2.05, 4.69) is 5.32 Å². The average Bonchev–Trinajstić information content (AvgIpc) is 2.64. The Labute approximate surface area is 115 Å². The van der Waals surface area contributed by atoms with E-state index in [1.54, 1.807) is 12.1 Å². The summed E-state index contributed by atoms with van der Waals surface area (Å²) >= 11 is 0. The van der Waals surface area contributed by atoms with Crippen molar-refractivity contribution in [2.24, 2.45) is 5.92 Å². The van der Waals surface area contributed by atoms with Gasteiger partial charge in [-0.1, -0.05) is 25.3 Å². The molecule has 2 nitrogen and oxygen atoms in total. The largest absolute Gasteiger partial charge is 0.494 e. The van der Waals surface area contributed by atoms with Crippen LogP contribution in [0.25, 0.3) is 0 Å². The van der Waals surface area contributed by atoms with Crippen LogP contribution in [-0.4, -0.2) is 20.7 Å². The lowest BCUT2D eigenvalue weighted by atomic mass is 9.82. The third-order valence-corrected chi connectivity index (χ3v) is 4.23. The van der Waals surface area contributed by atoms with Crippen molar-refractivity contribution in [2.75, 3.05) is 20.7 Å². The number of rotatable bonds is 4. The molecule has 1 aliphatic carbocycles. The lowest BCUT2D eigenvalue weighted by Crippen LogP contribution is -2.24. The Hall–Kier alpha value is -1.09. The van der Waals surface area contributed by atoms with E-state index in [0.29, 0.717) is 17.6 Å². The molecule has 2 rings (SSSR count). The van der Waals surface area contributed by atoms with Gasteiger partial charge >= 0.3 is 0 Å². The first-order chi connectivity index (χ1) is 9.26. The van der Waals surface area contributed by atoms with Gasteiger partial charge in [0.15, 0.2) is 11.6 Å². The van der Waals surface area contributed by atoms with E-state index in [9.17, 15) is 4.39 Å². The van der Waals surface area contributed by atoms with E-state index in [1.165, 1.54) is 32.8 Å². The molecule has 0 aromatic heterocycles. The van der Waals surface area contributed by atoms with Crippen molar-refractivity contribution in [2.45, 2.75) is 38.0 Å². The van der Waals surface area contributed by atoms with Gasteiger partial charge in [-0.05, 0) is 56.0 Å². The van der Waals surface area contributed by atoms with Gasteiger partial charge in [0.2, 0.25) is 0 Å². The molecule has 2 atom stereocenters. The second-order valence-electron chi connectivity index (χ2n) is 5.46. The molecule has 0 heterocycles. The number of benzene rings is 1. The number of hydrogen-bond acceptors (Lipinski definition) is 2. The van der Waals surface area contributed by atoms with Crippen LogP contribution in [0.1, 0.15) is 43.6 Å². The highest BCUT2D eigenvalue weighted by Crippen LogP contribution is 2.37. The van der Waals surface area contributed by atoms with Crippen LogP contribution in [0.15, 0.2) is 18.2 Å². The molecule has 106 valence electrons. The van der Waals surface area contributed by atoms with Crippen molar-refractivity contribution in [3.05, 3.63) is 29.6 Å². The van der Waals surface area contributed by atoms with Gasteiger partial charge < -0.3 is 10.1 Å². The summed E-state index contributed by atoms with van der Waals surface area (Å²) in [5.74, 6) is 1.17. The monoisotopic (exact) mass is 265 g/mol. The first-order valence-electron chi connectivity index (χ1n) is 7.24. The van der Waals surface area contributed by atoms with Crippen molar-refractivity contribution in [1.29, 1.82) is 0 Å². The normalized spacial score (nSPS) is 23.9. The zero-order chi connectivity index (χ0) is 13.7. The molecule has 1 aromatic carbocycles. The molecule has 19 heavy (non-hydrogen) atoms. The van der Waals surface area contributed by atoms with Gasteiger partial charge in [-0.2, -0.15) is 0 Å². The van der Waals surface area contributed by atoms with Crippen LogP contribution in [0.2, 0.25) is 0 Å². The molecular formula is C16H24FNO. The van der Waals surface area contributed by atoms with Crippen molar-refractivity contribution in [3.8, 4) is 5.75 Å². The van der Waals surface area contributed by atoms with Gasteiger partial charge in [0.1, 0.15) is 0 Å². The zero-order valence-corrected chi connectivity index (χ0v) is 11.9. The molecule has 0 saturated heterocycles. The summed E-state index contributed by atoms with van der Waals surface area (Å²) < 4.78 is 18.9. The number of ether oxygens (including phenoxy) is 1. The van der Waals surface area contributed by atoms with Crippen molar-refractivity contribution >= 4 is 0 Å². The Morgan fingerprint density at radius 3 is 2.74 bits per heavy atom. The van der Waals surface area contributed by atoms with Crippen LogP contribution in [0, 0.1) is 11.7 Å². The minimum Gasteiger partial charge on any atom is -0.494 e. The summed E-state index contributed by atoms with van der Waals surface area (Å²) in [5.41, 5.74) is 1.13. The second-order valence-corrected chi connectivity index (χ2v) is 5.46. The maximum atomic E-state index is 13.9. The minimum absolute atomic E-state index is 0.243. The van der Waals surface area contributed by atoms with Crippen molar-refractivity contribution in [3.63, 3.8) is 0 Å².